The molecule has 0 spiro atoms. The van der Waals surface area contributed by atoms with Crippen molar-refractivity contribution in [2.24, 2.45) is 0 Å². The van der Waals surface area contributed by atoms with Crippen molar-refractivity contribution in [2.45, 2.75) is 24.6 Å². The number of aromatic hydroxyl groups is 1. The number of benzene rings is 3. The van der Waals surface area contributed by atoms with Crippen LogP contribution in [0, 0.1) is 5.82 Å². The van der Waals surface area contributed by atoms with Crippen molar-refractivity contribution in [1.29, 1.82) is 0 Å². The van der Waals surface area contributed by atoms with Gasteiger partial charge in [0.2, 0.25) is 10.0 Å². The normalized spacial score (nSPS) is 18.1. The van der Waals surface area contributed by atoms with Gasteiger partial charge in [-0.15, -0.1) is 0 Å². The van der Waals surface area contributed by atoms with E-state index >= 15 is 4.39 Å². The number of hydrogen-bond donors (Lipinski definition) is 3. The zero-order valence-corrected chi connectivity index (χ0v) is 23.4. The third kappa shape index (κ3) is 5.87. The second kappa shape index (κ2) is 10.9. The van der Waals surface area contributed by atoms with Crippen molar-refractivity contribution >= 4 is 49.1 Å². The molecule has 0 atom stereocenters. The molecule has 2 aliphatic rings. The third-order valence-electron chi connectivity index (χ3n) is 6.82. The quantitative estimate of drug-likeness (QED) is 0.374. The maximum absolute atomic E-state index is 15.0. The zero-order chi connectivity index (χ0) is 28.7. The molecule has 0 aromatic heterocycles. The van der Waals surface area contributed by atoms with Crippen LogP contribution in [0.15, 0.2) is 60.7 Å². The Hall–Kier alpha value is -3.39. The SMILES string of the molecule is O=C1CN(c2c(O)cc(-c3cccc(NC4CCN(S(=O)(=O)Cc5ccccc5Cl)CC4)c3)cc2F)S(=O)(=O)N1. The fourth-order valence-electron chi connectivity index (χ4n) is 4.85. The van der Waals surface area contributed by atoms with Crippen LogP contribution in [0.1, 0.15) is 18.4 Å². The number of carbonyl (C=O) groups is 1. The van der Waals surface area contributed by atoms with Gasteiger partial charge in [0.25, 0.3) is 5.91 Å². The van der Waals surface area contributed by atoms with E-state index in [2.05, 4.69) is 5.32 Å². The van der Waals surface area contributed by atoms with E-state index in [9.17, 15) is 26.7 Å². The van der Waals surface area contributed by atoms with Crippen LogP contribution in [-0.2, 0) is 30.8 Å². The number of nitrogens with zero attached hydrogens (tertiary/aromatic N) is 2. The number of rotatable bonds is 7. The van der Waals surface area contributed by atoms with Crippen molar-refractivity contribution in [1.82, 2.24) is 9.03 Å². The summed E-state index contributed by atoms with van der Waals surface area (Å²) in [6.07, 6.45) is 1.15. The molecule has 1 amide bonds. The van der Waals surface area contributed by atoms with Crippen LogP contribution in [0.5, 0.6) is 5.75 Å². The van der Waals surface area contributed by atoms with Crippen molar-refractivity contribution in [3.63, 3.8) is 0 Å². The van der Waals surface area contributed by atoms with Gasteiger partial charge in [-0.3, -0.25) is 4.79 Å². The Bertz CT molecular complexity index is 1650. The molecule has 0 saturated carbocycles. The van der Waals surface area contributed by atoms with E-state index in [4.69, 9.17) is 11.6 Å². The minimum absolute atomic E-state index is 0.0000571. The predicted molar refractivity (Wildman–Crippen MR) is 150 cm³/mol. The molecule has 10 nitrogen and oxygen atoms in total. The van der Waals surface area contributed by atoms with E-state index in [1.54, 1.807) is 47.2 Å². The van der Waals surface area contributed by atoms with Gasteiger partial charge in [-0.05, 0) is 59.9 Å². The minimum atomic E-state index is -4.29. The van der Waals surface area contributed by atoms with Crippen LogP contribution in [0.25, 0.3) is 11.1 Å². The topological polar surface area (TPSA) is 136 Å². The van der Waals surface area contributed by atoms with Gasteiger partial charge in [0.1, 0.15) is 18.0 Å². The number of amides is 1. The first kappa shape index (κ1) is 28.1. The Morgan fingerprint density at radius 3 is 2.42 bits per heavy atom. The van der Waals surface area contributed by atoms with E-state index in [1.165, 1.54) is 10.4 Å². The van der Waals surface area contributed by atoms with Crippen molar-refractivity contribution < 1.29 is 31.1 Å². The Balaban J connectivity index is 1.26. The van der Waals surface area contributed by atoms with Gasteiger partial charge >= 0.3 is 10.2 Å². The summed E-state index contributed by atoms with van der Waals surface area (Å²) < 4.78 is 68.8. The average Bonchev–Trinajstić information content (AvgIpc) is 3.16. The van der Waals surface area contributed by atoms with Crippen LogP contribution >= 0.6 is 11.6 Å². The Morgan fingerprint density at radius 2 is 1.77 bits per heavy atom. The zero-order valence-electron chi connectivity index (χ0n) is 21.0. The summed E-state index contributed by atoms with van der Waals surface area (Å²) in [7, 11) is -7.82. The molecule has 3 N–H and O–H groups in total. The highest BCUT2D eigenvalue weighted by molar-refractivity contribution is 7.92. The van der Waals surface area contributed by atoms with Crippen LogP contribution in [0.2, 0.25) is 5.02 Å². The maximum atomic E-state index is 15.0. The molecule has 0 aliphatic carbocycles. The second-order valence-corrected chi connectivity index (χ2v) is 13.6. The van der Waals surface area contributed by atoms with E-state index in [0.717, 1.165) is 11.8 Å². The molecule has 2 heterocycles. The molecule has 0 bridgehead atoms. The Morgan fingerprint density at radius 1 is 1.05 bits per heavy atom. The largest absolute Gasteiger partial charge is 0.506 e. The first-order valence-electron chi connectivity index (χ1n) is 12.4. The lowest BCUT2D eigenvalue weighted by Gasteiger charge is -2.32. The molecule has 40 heavy (non-hydrogen) atoms. The fraction of sp³-hybridized carbons (Fsp3) is 0.269. The lowest BCUT2D eigenvalue weighted by atomic mass is 10.0. The van der Waals surface area contributed by atoms with Gasteiger partial charge in [-0.1, -0.05) is 41.9 Å². The number of phenols is 1. The number of halogens is 2. The lowest BCUT2D eigenvalue weighted by Crippen LogP contribution is -2.42. The molecule has 3 aromatic carbocycles. The molecular weight excluding hydrogens is 583 g/mol. The van der Waals surface area contributed by atoms with E-state index in [1.807, 2.05) is 6.07 Å². The van der Waals surface area contributed by atoms with E-state index < -0.39 is 49.9 Å². The number of hydrogen-bond acceptors (Lipinski definition) is 7. The molecule has 2 saturated heterocycles. The van der Waals surface area contributed by atoms with Gasteiger partial charge in [-0.2, -0.15) is 8.42 Å². The van der Waals surface area contributed by atoms with E-state index in [0.29, 0.717) is 51.9 Å². The summed E-state index contributed by atoms with van der Waals surface area (Å²) in [5, 5.41) is 14.3. The standard InChI is InChI=1S/C26H26ClFN4O6S2/c27-22-7-2-1-4-18(22)16-39(35,36)31-10-8-20(9-11-31)29-21-6-3-5-17(12-21)19-13-23(28)26(24(33)14-19)32-15-25(34)30-40(32,37)38/h1-7,12-14,20,29,33H,8-11,15-16H2,(H,30,34). The monoisotopic (exact) mass is 608 g/mol. The summed E-state index contributed by atoms with van der Waals surface area (Å²) >= 11 is 6.14. The molecule has 0 unspecified atom stereocenters. The summed E-state index contributed by atoms with van der Waals surface area (Å²) in [5.41, 5.74) is 1.54. The predicted octanol–water partition coefficient (Wildman–Crippen LogP) is 3.44. The third-order valence-corrected chi connectivity index (χ3v) is 10.4. The fourth-order valence-corrected chi connectivity index (χ4v) is 7.90. The number of nitrogens with one attached hydrogen (secondary N) is 2. The molecule has 14 heteroatoms. The van der Waals surface area contributed by atoms with Crippen LogP contribution < -0.4 is 14.3 Å². The molecule has 2 aliphatic heterocycles. The average molecular weight is 609 g/mol. The van der Waals surface area contributed by atoms with Crippen molar-refractivity contribution in [2.75, 3.05) is 29.3 Å². The number of anilines is 2. The summed E-state index contributed by atoms with van der Waals surface area (Å²) in [4.78, 5) is 11.5. The van der Waals surface area contributed by atoms with Gasteiger partial charge < -0.3 is 10.4 Å². The van der Waals surface area contributed by atoms with Crippen LogP contribution in [-0.4, -0.2) is 57.8 Å². The minimum Gasteiger partial charge on any atom is -0.506 e. The first-order chi connectivity index (χ1) is 18.9. The first-order valence-corrected chi connectivity index (χ1v) is 15.8. The van der Waals surface area contributed by atoms with Gasteiger partial charge in [0.15, 0.2) is 5.82 Å². The summed E-state index contributed by atoms with van der Waals surface area (Å²) in [5.74, 6) is -2.62. The smallest absolute Gasteiger partial charge is 0.326 e. The van der Waals surface area contributed by atoms with E-state index in [-0.39, 0.29) is 11.8 Å². The molecule has 2 fully saturated rings. The highest BCUT2D eigenvalue weighted by Gasteiger charge is 2.37. The molecule has 0 radical (unpaired) electrons. The summed E-state index contributed by atoms with van der Waals surface area (Å²) in [6, 6.07) is 16.2. The molecule has 5 rings (SSSR count). The number of piperidine rings is 1. The lowest BCUT2D eigenvalue weighted by molar-refractivity contribution is -0.117. The maximum Gasteiger partial charge on any atom is 0.326 e. The Kier molecular flexibility index (Phi) is 7.66. The van der Waals surface area contributed by atoms with Crippen LogP contribution in [0.3, 0.4) is 0 Å². The number of sulfonamides is 1. The molecular formula is C26H26ClFN4O6S2. The Labute approximate surface area is 236 Å². The number of carbonyl (C=O) groups excluding carboxylic acids is 1. The van der Waals surface area contributed by atoms with Gasteiger partial charge in [0.05, 0.1) is 5.75 Å². The van der Waals surface area contributed by atoms with Gasteiger partial charge in [-0.25, -0.2) is 26.1 Å². The highest BCUT2D eigenvalue weighted by atomic mass is 35.5. The highest BCUT2D eigenvalue weighted by Crippen LogP contribution is 2.38. The summed E-state index contributed by atoms with van der Waals surface area (Å²) in [6.45, 7) is 0.0641. The number of phenolic OH excluding ortho intramolecular Hbond substituents is 1. The molecule has 3 aromatic rings. The van der Waals surface area contributed by atoms with Gasteiger partial charge in [0, 0.05) is 29.8 Å². The molecule has 212 valence electrons. The van der Waals surface area contributed by atoms with Crippen molar-refractivity contribution in [3.05, 3.63) is 77.1 Å². The second-order valence-electron chi connectivity index (χ2n) is 9.61. The van der Waals surface area contributed by atoms with Crippen molar-refractivity contribution in [3.8, 4) is 16.9 Å². The van der Waals surface area contributed by atoms with Crippen LogP contribution in [0.4, 0.5) is 15.8 Å².